The van der Waals surface area contributed by atoms with Gasteiger partial charge in [0.15, 0.2) is 0 Å². The molecule has 0 aliphatic carbocycles. The van der Waals surface area contributed by atoms with Crippen molar-refractivity contribution >= 4 is 26.0 Å². The number of methoxy groups -OCH3 is 1. The second-order valence-corrected chi connectivity index (χ2v) is 6.61. The molecule has 2 aromatic heterocycles. The van der Waals surface area contributed by atoms with Crippen LogP contribution in [0.4, 0.5) is 0 Å². The zero-order valence-corrected chi connectivity index (χ0v) is 13.0. The minimum Gasteiger partial charge on any atom is -0.468 e. The van der Waals surface area contributed by atoms with Crippen molar-refractivity contribution in [1.29, 1.82) is 0 Å². The Kier molecular flexibility index (Phi) is 4.92. The normalized spacial score (nSPS) is 13.3. The summed E-state index contributed by atoms with van der Waals surface area (Å²) in [5.74, 6) is 0.485. The first-order valence-corrected chi connectivity index (χ1v) is 7.96. The van der Waals surface area contributed by atoms with Gasteiger partial charge in [-0.2, -0.15) is 4.72 Å². The number of aromatic nitrogens is 1. The number of pyridine rings is 1. The zero-order valence-electron chi connectivity index (χ0n) is 10.6. The molecule has 0 saturated heterocycles. The third-order valence-electron chi connectivity index (χ3n) is 2.51. The second kappa shape index (κ2) is 6.49. The first-order valence-electron chi connectivity index (χ1n) is 5.68. The summed E-state index contributed by atoms with van der Waals surface area (Å²) in [6.07, 6.45) is 4.27. The molecule has 0 amide bonds. The summed E-state index contributed by atoms with van der Waals surface area (Å²) < 4.78 is 38.0. The Morgan fingerprint density at radius 1 is 1.50 bits per heavy atom. The lowest BCUT2D eigenvalue weighted by Gasteiger charge is -2.15. The molecule has 0 aliphatic rings. The lowest BCUT2D eigenvalue weighted by Crippen LogP contribution is -2.31. The number of furan rings is 1. The van der Waals surface area contributed by atoms with Crippen molar-refractivity contribution in [2.45, 2.75) is 10.9 Å². The summed E-state index contributed by atoms with van der Waals surface area (Å²) >= 11 is 3.19. The van der Waals surface area contributed by atoms with Crippen molar-refractivity contribution in [3.05, 3.63) is 47.1 Å². The van der Waals surface area contributed by atoms with Crippen LogP contribution in [-0.4, -0.2) is 27.1 Å². The van der Waals surface area contributed by atoms with Crippen LogP contribution in [0, 0.1) is 0 Å². The van der Waals surface area contributed by atoms with Crippen LogP contribution in [-0.2, 0) is 14.8 Å². The summed E-state index contributed by atoms with van der Waals surface area (Å²) in [6.45, 7) is 0.161. The van der Waals surface area contributed by atoms with Gasteiger partial charge in [0.1, 0.15) is 16.7 Å². The van der Waals surface area contributed by atoms with Crippen molar-refractivity contribution in [3.8, 4) is 0 Å². The Labute approximate surface area is 125 Å². The number of hydrogen-bond donors (Lipinski definition) is 1. The van der Waals surface area contributed by atoms with E-state index in [1.165, 1.54) is 31.8 Å². The van der Waals surface area contributed by atoms with Crippen molar-refractivity contribution in [2.75, 3.05) is 13.7 Å². The predicted octanol–water partition coefficient (Wildman–Crippen LogP) is 2.10. The molecule has 0 aliphatic heterocycles. The topological polar surface area (TPSA) is 81.4 Å². The van der Waals surface area contributed by atoms with Gasteiger partial charge in [0, 0.05) is 24.0 Å². The monoisotopic (exact) mass is 360 g/mol. The van der Waals surface area contributed by atoms with E-state index in [9.17, 15) is 8.42 Å². The summed E-state index contributed by atoms with van der Waals surface area (Å²) in [7, 11) is -2.22. The van der Waals surface area contributed by atoms with Crippen LogP contribution < -0.4 is 4.72 Å². The SMILES string of the molecule is COCC(NS(=O)(=O)c1cncc(Br)c1)c1ccco1. The highest BCUT2D eigenvalue weighted by atomic mass is 79.9. The van der Waals surface area contributed by atoms with Crippen molar-refractivity contribution in [1.82, 2.24) is 9.71 Å². The van der Waals surface area contributed by atoms with Crippen LogP contribution in [0.2, 0.25) is 0 Å². The average Bonchev–Trinajstić information content (AvgIpc) is 2.92. The third-order valence-corrected chi connectivity index (χ3v) is 4.38. The molecule has 1 unspecified atom stereocenters. The van der Waals surface area contributed by atoms with E-state index in [0.717, 1.165) is 0 Å². The van der Waals surface area contributed by atoms with Crippen LogP contribution in [0.3, 0.4) is 0 Å². The quantitative estimate of drug-likeness (QED) is 0.852. The predicted molar refractivity (Wildman–Crippen MR) is 75.6 cm³/mol. The van der Waals surface area contributed by atoms with Crippen molar-refractivity contribution < 1.29 is 17.6 Å². The van der Waals surface area contributed by atoms with Gasteiger partial charge in [-0.05, 0) is 34.1 Å². The summed E-state index contributed by atoms with van der Waals surface area (Å²) in [5.41, 5.74) is 0. The highest BCUT2D eigenvalue weighted by Crippen LogP contribution is 2.19. The molecule has 0 fully saturated rings. The number of ether oxygens (including phenoxy) is 1. The third kappa shape index (κ3) is 3.66. The highest BCUT2D eigenvalue weighted by molar-refractivity contribution is 9.10. The number of nitrogens with zero attached hydrogens (tertiary/aromatic N) is 1. The van der Waals surface area contributed by atoms with Crippen LogP contribution in [0.15, 0.2) is 50.6 Å². The zero-order chi connectivity index (χ0) is 14.6. The van der Waals surface area contributed by atoms with E-state index in [1.54, 1.807) is 12.1 Å². The minimum atomic E-state index is -3.71. The van der Waals surface area contributed by atoms with Crippen molar-refractivity contribution in [2.24, 2.45) is 0 Å². The molecule has 8 heteroatoms. The highest BCUT2D eigenvalue weighted by Gasteiger charge is 2.23. The average molecular weight is 361 g/mol. The second-order valence-electron chi connectivity index (χ2n) is 3.98. The fourth-order valence-corrected chi connectivity index (χ4v) is 3.32. The molecule has 0 radical (unpaired) electrons. The molecule has 2 rings (SSSR count). The first kappa shape index (κ1) is 15.2. The largest absolute Gasteiger partial charge is 0.468 e. The smallest absolute Gasteiger partial charge is 0.242 e. The van der Waals surface area contributed by atoms with E-state index in [0.29, 0.717) is 10.2 Å². The Hall–Kier alpha value is -1.22. The van der Waals surface area contributed by atoms with Crippen molar-refractivity contribution in [3.63, 3.8) is 0 Å². The lowest BCUT2D eigenvalue weighted by atomic mass is 10.2. The Balaban J connectivity index is 2.25. The number of sulfonamides is 1. The molecule has 108 valence electrons. The van der Waals surface area contributed by atoms with E-state index in [-0.39, 0.29) is 11.5 Å². The van der Waals surface area contributed by atoms with E-state index < -0.39 is 16.1 Å². The fraction of sp³-hybridized carbons (Fsp3) is 0.250. The molecule has 20 heavy (non-hydrogen) atoms. The molecule has 0 spiro atoms. The molecule has 1 atom stereocenters. The van der Waals surface area contributed by atoms with Gasteiger partial charge in [-0.15, -0.1) is 0 Å². The molecule has 6 nitrogen and oxygen atoms in total. The van der Waals surface area contributed by atoms with Crippen LogP contribution >= 0.6 is 15.9 Å². The molecule has 1 N–H and O–H groups in total. The lowest BCUT2D eigenvalue weighted by molar-refractivity contribution is 0.166. The van der Waals surface area contributed by atoms with E-state index in [2.05, 4.69) is 25.6 Å². The van der Waals surface area contributed by atoms with Gasteiger partial charge in [0.05, 0.1) is 12.9 Å². The van der Waals surface area contributed by atoms with Gasteiger partial charge >= 0.3 is 0 Å². The maximum atomic E-state index is 12.3. The molecule has 0 aromatic carbocycles. The van der Waals surface area contributed by atoms with Gasteiger partial charge in [0.2, 0.25) is 10.0 Å². The van der Waals surface area contributed by atoms with Crippen LogP contribution in [0.5, 0.6) is 0 Å². The van der Waals surface area contributed by atoms with Gasteiger partial charge < -0.3 is 9.15 Å². The number of halogens is 1. The molecule has 0 saturated carbocycles. The molecule has 0 bridgehead atoms. The summed E-state index contributed by atoms with van der Waals surface area (Å²) in [4.78, 5) is 3.91. The number of hydrogen-bond acceptors (Lipinski definition) is 5. The van der Waals surface area contributed by atoms with Gasteiger partial charge in [-0.25, -0.2) is 8.42 Å². The maximum Gasteiger partial charge on any atom is 0.242 e. The van der Waals surface area contributed by atoms with Crippen LogP contribution in [0.25, 0.3) is 0 Å². The Morgan fingerprint density at radius 2 is 2.30 bits per heavy atom. The van der Waals surface area contributed by atoms with E-state index in [1.807, 2.05) is 0 Å². The summed E-state index contributed by atoms with van der Waals surface area (Å²) in [5, 5.41) is 0. The number of nitrogens with one attached hydrogen (secondary N) is 1. The van der Waals surface area contributed by atoms with Gasteiger partial charge in [-0.1, -0.05) is 0 Å². The van der Waals surface area contributed by atoms with Gasteiger partial charge in [-0.3, -0.25) is 4.98 Å². The Bertz CT molecular complexity index is 658. The molecule has 2 heterocycles. The van der Waals surface area contributed by atoms with Gasteiger partial charge in [0.25, 0.3) is 0 Å². The number of rotatable bonds is 6. The molecule has 2 aromatic rings. The summed E-state index contributed by atoms with van der Waals surface area (Å²) in [6, 6.07) is 4.25. The maximum absolute atomic E-state index is 12.3. The van der Waals surface area contributed by atoms with E-state index >= 15 is 0 Å². The van der Waals surface area contributed by atoms with Crippen LogP contribution in [0.1, 0.15) is 11.8 Å². The Morgan fingerprint density at radius 3 is 2.90 bits per heavy atom. The fourth-order valence-electron chi connectivity index (χ4n) is 1.63. The minimum absolute atomic E-state index is 0.0690. The molecular formula is C12H13BrN2O4S. The molecular weight excluding hydrogens is 348 g/mol. The van der Waals surface area contributed by atoms with E-state index in [4.69, 9.17) is 9.15 Å². The first-order chi connectivity index (χ1) is 9.53. The standard InChI is InChI=1S/C12H13BrN2O4S/c1-18-8-11(12-3-2-4-19-12)15-20(16,17)10-5-9(13)6-14-7-10/h2-7,11,15H,8H2,1H3.